The largest absolute Gasteiger partial charge is 0.494 e. The summed E-state index contributed by atoms with van der Waals surface area (Å²) in [4.78, 5) is 40.6. The van der Waals surface area contributed by atoms with Crippen molar-refractivity contribution in [2.75, 3.05) is 15.1 Å². The maximum absolute atomic E-state index is 13.0. The molecule has 3 amide bonds. The number of carbonyl (C=O) groups is 3. The van der Waals surface area contributed by atoms with E-state index in [1.807, 2.05) is 27.7 Å². The fourth-order valence-corrected chi connectivity index (χ4v) is 4.35. The highest BCUT2D eigenvalue weighted by molar-refractivity contribution is 6.62. The second kappa shape index (κ2) is 8.32. The molecule has 2 aliphatic rings. The molecule has 182 valence electrons. The molecule has 1 fully saturated rings. The van der Waals surface area contributed by atoms with Gasteiger partial charge in [-0.1, -0.05) is 12.1 Å². The van der Waals surface area contributed by atoms with Gasteiger partial charge in [0.15, 0.2) is 0 Å². The molecular formula is C25H29BN4O5. The number of amidine groups is 1. The van der Waals surface area contributed by atoms with Crippen molar-refractivity contribution in [2.24, 2.45) is 0 Å². The minimum absolute atomic E-state index is 0.159. The number of rotatable bonds is 2. The molecule has 9 nitrogen and oxygen atoms in total. The molecule has 1 saturated heterocycles. The van der Waals surface area contributed by atoms with Crippen LogP contribution >= 0.6 is 0 Å². The third kappa shape index (κ3) is 4.02. The van der Waals surface area contributed by atoms with Gasteiger partial charge in [-0.05, 0) is 57.4 Å². The monoisotopic (exact) mass is 476 g/mol. The van der Waals surface area contributed by atoms with E-state index in [2.05, 4.69) is 5.32 Å². The predicted octanol–water partition coefficient (Wildman–Crippen LogP) is 3.32. The molecule has 0 unspecified atom stereocenters. The van der Waals surface area contributed by atoms with Crippen LogP contribution in [0.3, 0.4) is 0 Å². The lowest BCUT2D eigenvalue weighted by Crippen LogP contribution is -2.41. The maximum Gasteiger partial charge on any atom is 0.494 e. The lowest BCUT2D eigenvalue weighted by molar-refractivity contribution is -0.116. The van der Waals surface area contributed by atoms with Crippen LogP contribution in [-0.2, 0) is 23.7 Å². The third-order valence-corrected chi connectivity index (χ3v) is 6.67. The average Bonchev–Trinajstić information content (AvgIpc) is 2.88. The molecule has 2 N–H and O–H groups in total. The second-order valence-corrected chi connectivity index (χ2v) is 9.78. The van der Waals surface area contributed by atoms with E-state index in [9.17, 15) is 14.4 Å². The summed E-state index contributed by atoms with van der Waals surface area (Å²) in [6, 6.07) is 10.3. The lowest BCUT2D eigenvalue weighted by atomic mass is 9.77. The van der Waals surface area contributed by atoms with Gasteiger partial charge in [-0.2, -0.15) is 0 Å². The number of para-hydroxylation sites is 2. The molecule has 2 aromatic carbocycles. The minimum atomic E-state index is -0.775. The Morgan fingerprint density at radius 2 is 1.37 bits per heavy atom. The molecule has 10 heteroatoms. The van der Waals surface area contributed by atoms with Crippen LogP contribution in [0, 0.1) is 5.41 Å². The first-order chi connectivity index (χ1) is 16.2. The molecule has 2 aliphatic heterocycles. The van der Waals surface area contributed by atoms with E-state index in [-0.39, 0.29) is 28.9 Å². The number of hydrogen-bond donors (Lipinski definition) is 2. The van der Waals surface area contributed by atoms with E-state index < -0.39 is 24.2 Å². The standard InChI is InChI=1S/C25H29BN4O5/c1-14(31)28-18-12-17(26-34-24(4,5)25(6,7)35-26)13-21-22(18)23(27)30(16(3)33)20-11-9-8-10-19(20)29(21)15(2)32/h8-13,27H,1-7H3,(H,28,31). The van der Waals surface area contributed by atoms with E-state index in [0.29, 0.717) is 22.5 Å². The van der Waals surface area contributed by atoms with E-state index in [0.717, 1.165) is 0 Å². The van der Waals surface area contributed by atoms with Crippen LogP contribution in [0.2, 0.25) is 0 Å². The van der Waals surface area contributed by atoms with Crippen LogP contribution in [0.5, 0.6) is 0 Å². The zero-order valence-electron chi connectivity index (χ0n) is 21.0. The number of amides is 3. The van der Waals surface area contributed by atoms with Crippen LogP contribution in [0.25, 0.3) is 0 Å². The van der Waals surface area contributed by atoms with Gasteiger partial charge in [0, 0.05) is 20.8 Å². The first-order valence-electron chi connectivity index (χ1n) is 11.4. The van der Waals surface area contributed by atoms with Gasteiger partial charge in [0.2, 0.25) is 17.7 Å². The van der Waals surface area contributed by atoms with Crippen molar-refractivity contribution in [3.63, 3.8) is 0 Å². The summed E-state index contributed by atoms with van der Waals surface area (Å²) >= 11 is 0. The van der Waals surface area contributed by atoms with Crippen molar-refractivity contribution >= 4 is 58.9 Å². The second-order valence-electron chi connectivity index (χ2n) is 9.78. The smallest absolute Gasteiger partial charge is 0.399 e. The summed E-state index contributed by atoms with van der Waals surface area (Å²) in [6.45, 7) is 11.9. The molecule has 0 bridgehead atoms. The van der Waals surface area contributed by atoms with Crippen LogP contribution in [0.15, 0.2) is 36.4 Å². The topological polar surface area (TPSA) is 112 Å². The Hall–Kier alpha value is -3.50. The van der Waals surface area contributed by atoms with Gasteiger partial charge in [-0.15, -0.1) is 0 Å². The Balaban J connectivity index is 2.03. The van der Waals surface area contributed by atoms with Gasteiger partial charge < -0.3 is 14.6 Å². The third-order valence-electron chi connectivity index (χ3n) is 6.67. The molecule has 2 aromatic rings. The summed E-state index contributed by atoms with van der Waals surface area (Å²) in [5.74, 6) is -1.25. The van der Waals surface area contributed by atoms with Crippen molar-refractivity contribution in [3.8, 4) is 0 Å². The first-order valence-corrected chi connectivity index (χ1v) is 11.4. The highest BCUT2D eigenvalue weighted by atomic mass is 16.7. The lowest BCUT2D eigenvalue weighted by Gasteiger charge is -2.32. The van der Waals surface area contributed by atoms with E-state index >= 15 is 0 Å². The van der Waals surface area contributed by atoms with Crippen LogP contribution in [0.4, 0.5) is 22.7 Å². The van der Waals surface area contributed by atoms with Crippen molar-refractivity contribution in [3.05, 3.63) is 42.0 Å². The summed E-state index contributed by atoms with van der Waals surface area (Å²) in [7, 11) is -0.775. The van der Waals surface area contributed by atoms with Gasteiger partial charge in [0.1, 0.15) is 5.84 Å². The zero-order valence-corrected chi connectivity index (χ0v) is 21.0. The number of nitrogens with zero attached hydrogens (tertiary/aromatic N) is 2. The van der Waals surface area contributed by atoms with Crippen molar-refractivity contribution in [1.29, 1.82) is 5.41 Å². The summed E-state index contributed by atoms with van der Waals surface area (Å²) in [5.41, 5.74) is 1.04. The highest BCUT2D eigenvalue weighted by Gasteiger charge is 2.52. The highest BCUT2D eigenvalue weighted by Crippen LogP contribution is 2.44. The number of carbonyl (C=O) groups excluding carboxylic acids is 3. The van der Waals surface area contributed by atoms with Gasteiger partial charge in [-0.3, -0.25) is 29.6 Å². The predicted molar refractivity (Wildman–Crippen MR) is 136 cm³/mol. The Morgan fingerprint density at radius 1 is 0.857 bits per heavy atom. The molecule has 2 heterocycles. The number of nitrogens with one attached hydrogen (secondary N) is 2. The number of anilines is 4. The molecule has 0 atom stereocenters. The Kier molecular flexibility index (Phi) is 5.85. The SMILES string of the molecule is CC(=O)Nc1cc(B2OC(C)(C)C(C)(C)O2)cc2c1C(=N)N(C(C)=O)c1ccccc1N2C(C)=O. The number of hydrogen-bond acceptors (Lipinski definition) is 6. The molecular weight excluding hydrogens is 447 g/mol. The van der Waals surface area contributed by atoms with Gasteiger partial charge in [0.25, 0.3) is 0 Å². The average molecular weight is 476 g/mol. The molecule has 0 spiro atoms. The molecule has 4 rings (SSSR count). The summed E-state index contributed by atoms with van der Waals surface area (Å²) in [6.07, 6.45) is 0. The van der Waals surface area contributed by atoms with E-state index in [1.54, 1.807) is 36.4 Å². The van der Waals surface area contributed by atoms with Gasteiger partial charge in [-0.25, -0.2) is 0 Å². The van der Waals surface area contributed by atoms with E-state index in [4.69, 9.17) is 14.7 Å². The van der Waals surface area contributed by atoms with Crippen molar-refractivity contribution in [2.45, 2.75) is 59.7 Å². The fourth-order valence-electron chi connectivity index (χ4n) is 4.35. The zero-order chi connectivity index (χ0) is 25.9. The Morgan fingerprint density at radius 3 is 1.86 bits per heavy atom. The molecule has 0 radical (unpaired) electrons. The van der Waals surface area contributed by atoms with Gasteiger partial charge in [0.05, 0.1) is 39.5 Å². The van der Waals surface area contributed by atoms with Crippen molar-refractivity contribution < 1.29 is 23.7 Å². The fraction of sp³-hybridized carbons (Fsp3) is 0.360. The van der Waals surface area contributed by atoms with Gasteiger partial charge >= 0.3 is 7.12 Å². The molecule has 0 aliphatic carbocycles. The summed E-state index contributed by atoms with van der Waals surface area (Å²) < 4.78 is 12.5. The number of fused-ring (bicyclic) bond motifs is 2. The maximum atomic E-state index is 13.0. The van der Waals surface area contributed by atoms with Crippen molar-refractivity contribution in [1.82, 2.24) is 0 Å². The van der Waals surface area contributed by atoms with Crippen LogP contribution < -0.4 is 20.6 Å². The first kappa shape index (κ1) is 24.6. The van der Waals surface area contributed by atoms with Crippen LogP contribution in [-0.4, -0.2) is 41.9 Å². The Labute approximate surface area is 205 Å². The molecule has 0 saturated carbocycles. The Bertz CT molecular complexity index is 1260. The summed E-state index contributed by atoms with van der Waals surface area (Å²) in [5, 5.41) is 11.8. The minimum Gasteiger partial charge on any atom is -0.399 e. The van der Waals surface area contributed by atoms with E-state index in [1.165, 1.54) is 30.6 Å². The molecule has 35 heavy (non-hydrogen) atoms. The van der Waals surface area contributed by atoms with Crippen LogP contribution in [0.1, 0.15) is 54.0 Å². The number of benzene rings is 2. The normalized spacial score (nSPS) is 18.0. The molecule has 0 aromatic heterocycles. The quantitative estimate of drug-likeness (QED) is 0.646.